The first-order valence-electron chi connectivity index (χ1n) is 3.68. The van der Waals surface area contributed by atoms with Crippen molar-refractivity contribution >= 4 is 0 Å². The van der Waals surface area contributed by atoms with E-state index in [-0.39, 0.29) is 0 Å². The second-order valence-electron chi connectivity index (χ2n) is 2.55. The Kier molecular flexibility index (Phi) is 3.01. The molecule has 0 saturated heterocycles. The summed E-state index contributed by atoms with van der Waals surface area (Å²) >= 11 is 0. The summed E-state index contributed by atoms with van der Waals surface area (Å²) in [7, 11) is 0. The van der Waals surface area contributed by atoms with Crippen LogP contribution in [-0.4, -0.2) is 32.0 Å². The van der Waals surface area contributed by atoms with Crippen LogP contribution in [-0.2, 0) is 6.54 Å². The lowest BCUT2D eigenvalue weighted by Gasteiger charge is -2.14. The normalized spacial score (nSPS) is 15.5. The van der Waals surface area contributed by atoms with Crippen LogP contribution in [0.15, 0.2) is 31.4 Å². The van der Waals surface area contributed by atoms with E-state index in [2.05, 4.69) is 11.6 Å². The van der Waals surface area contributed by atoms with Crippen LogP contribution in [0.5, 0.6) is 0 Å². The smallest absolute Gasteiger partial charge is 0.101 e. The molecule has 4 heteroatoms. The quantitative estimate of drug-likeness (QED) is 0.612. The Hall–Kier alpha value is -1.13. The molecule has 0 aromatic carbocycles. The Balaban J connectivity index is 2.46. The van der Waals surface area contributed by atoms with Gasteiger partial charge in [-0.2, -0.15) is 0 Å². The van der Waals surface area contributed by atoms with E-state index in [1.165, 1.54) is 6.08 Å². The van der Waals surface area contributed by atoms with Gasteiger partial charge < -0.3 is 14.8 Å². The Morgan fingerprint density at radius 2 is 2.33 bits per heavy atom. The molecule has 0 aliphatic rings. The van der Waals surface area contributed by atoms with E-state index >= 15 is 0 Å². The van der Waals surface area contributed by atoms with E-state index in [9.17, 15) is 5.11 Å². The van der Waals surface area contributed by atoms with Crippen LogP contribution in [0.25, 0.3) is 0 Å². The van der Waals surface area contributed by atoms with Crippen molar-refractivity contribution in [1.82, 2.24) is 9.55 Å². The van der Waals surface area contributed by atoms with Gasteiger partial charge in [0.05, 0.1) is 19.0 Å². The van der Waals surface area contributed by atoms with Crippen molar-refractivity contribution in [2.24, 2.45) is 0 Å². The van der Waals surface area contributed by atoms with Crippen LogP contribution in [0.3, 0.4) is 0 Å². The van der Waals surface area contributed by atoms with Crippen LogP contribution >= 0.6 is 0 Å². The van der Waals surface area contributed by atoms with E-state index in [1.807, 2.05) is 0 Å². The summed E-state index contributed by atoms with van der Waals surface area (Å²) in [6, 6.07) is 0. The molecule has 2 atom stereocenters. The third kappa shape index (κ3) is 2.18. The second kappa shape index (κ2) is 4.04. The number of hydrogen-bond donors (Lipinski definition) is 2. The maximum Gasteiger partial charge on any atom is 0.101 e. The highest BCUT2D eigenvalue weighted by Crippen LogP contribution is 1.98. The highest BCUT2D eigenvalue weighted by Gasteiger charge is 2.12. The SMILES string of the molecule is C=C[C@H](O)[C@H](O)Cn1ccnc1. The van der Waals surface area contributed by atoms with Crippen molar-refractivity contribution in [3.05, 3.63) is 31.4 Å². The van der Waals surface area contributed by atoms with Crippen molar-refractivity contribution in [1.29, 1.82) is 0 Å². The van der Waals surface area contributed by atoms with Gasteiger partial charge in [-0.25, -0.2) is 4.98 Å². The van der Waals surface area contributed by atoms with Crippen molar-refractivity contribution in [2.45, 2.75) is 18.8 Å². The van der Waals surface area contributed by atoms with Crippen molar-refractivity contribution in [3.63, 3.8) is 0 Å². The van der Waals surface area contributed by atoms with Gasteiger partial charge in [0.2, 0.25) is 0 Å². The summed E-state index contributed by atoms with van der Waals surface area (Å²) in [5.41, 5.74) is 0. The Labute approximate surface area is 70.8 Å². The predicted molar refractivity (Wildman–Crippen MR) is 44.4 cm³/mol. The molecule has 1 rings (SSSR count). The summed E-state index contributed by atoms with van der Waals surface area (Å²) in [5, 5.41) is 18.4. The molecule has 0 unspecified atom stereocenters. The molecule has 1 heterocycles. The number of aromatic nitrogens is 2. The van der Waals surface area contributed by atoms with Crippen LogP contribution < -0.4 is 0 Å². The van der Waals surface area contributed by atoms with E-state index < -0.39 is 12.2 Å². The van der Waals surface area contributed by atoms with Crippen molar-refractivity contribution < 1.29 is 10.2 Å². The largest absolute Gasteiger partial charge is 0.388 e. The molecule has 0 amide bonds. The maximum absolute atomic E-state index is 9.32. The molecule has 2 N–H and O–H groups in total. The number of hydrogen-bond acceptors (Lipinski definition) is 3. The molecular weight excluding hydrogens is 156 g/mol. The minimum Gasteiger partial charge on any atom is -0.388 e. The van der Waals surface area contributed by atoms with Gasteiger partial charge in [0.25, 0.3) is 0 Å². The van der Waals surface area contributed by atoms with Gasteiger partial charge in [-0.3, -0.25) is 0 Å². The number of aliphatic hydroxyl groups excluding tert-OH is 2. The highest BCUT2D eigenvalue weighted by atomic mass is 16.3. The molecule has 0 fully saturated rings. The minimum absolute atomic E-state index is 0.327. The zero-order chi connectivity index (χ0) is 8.97. The van der Waals surface area contributed by atoms with E-state index in [1.54, 1.807) is 23.3 Å². The van der Waals surface area contributed by atoms with Crippen LogP contribution in [0.1, 0.15) is 0 Å². The molecular formula is C8H12N2O2. The lowest BCUT2D eigenvalue weighted by atomic mass is 10.2. The fourth-order valence-electron chi connectivity index (χ4n) is 0.876. The minimum atomic E-state index is -0.882. The fourth-order valence-corrected chi connectivity index (χ4v) is 0.876. The standard InChI is InChI=1S/C8H12N2O2/c1-2-7(11)8(12)5-10-4-3-9-6-10/h2-4,6-8,11-12H,1,5H2/t7-,8+/m0/s1. The zero-order valence-electron chi connectivity index (χ0n) is 6.67. The van der Waals surface area contributed by atoms with Crippen molar-refractivity contribution in [2.75, 3.05) is 0 Å². The van der Waals surface area contributed by atoms with Gasteiger partial charge in [0.15, 0.2) is 0 Å². The van der Waals surface area contributed by atoms with Gasteiger partial charge in [0, 0.05) is 12.4 Å². The monoisotopic (exact) mass is 168 g/mol. The number of rotatable bonds is 4. The van der Waals surface area contributed by atoms with Crippen LogP contribution in [0.4, 0.5) is 0 Å². The lowest BCUT2D eigenvalue weighted by Crippen LogP contribution is -2.28. The van der Waals surface area contributed by atoms with E-state index in [4.69, 9.17) is 5.11 Å². The molecule has 1 aromatic heterocycles. The average Bonchev–Trinajstić information content (AvgIpc) is 2.55. The van der Waals surface area contributed by atoms with Crippen LogP contribution in [0, 0.1) is 0 Å². The van der Waals surface area contributed by atoms with Crippen LogP contribution in [0.2, 0.25) is 0 Å². The first-order valence-corrected chi connectivity index (χ1v) is 3.68. The first-order chi connectivity index (χ1) is 5.74. The zero-order valence-corrected chi connectivity index (χ0v) is 6.67. The summed E-state index contributed by atoms with van der Waals surface area (Å²) in [4.78, 5) is 3.80. The lowest BCUT2D eigenvalue weighted by molar-refractivity contribution is 0.0375. The van der Waals surface area contributed by atoms with Crippen molar-refractivity contribution in [3.8, 4) is 0 Å². The molecule has 12 heavy (non-hydrogen) atoms. The summed E-state index contributed by atoms with van der Waals surface area (Å²) < 4.78 is 1.69. The average molecular weight is 168 g/mol. The predicted octanol–water partition coefficient (Wildman–Crippen LogP) is -0.209. The summed E-state index contributed by atoms with van der Waals surface area (Å²) in [5.74, 6) is 0. The Morgan fingerprint density at radius 1 is 1.58 bits per heavy atom. The topological polar surface area (TPSA) is 58.3 Å². The third-order valence-electron chi connectivity index (χ3n) is 1.59. The summed E-state index contributed by atoms with van der Waals surface area (Å²) in [6.45, 7) is 3.70. The number of nitrogens with zero attached hydrogens (tertiary/aromatic N) is 2. The van der Waals surface area contributed by atoms with Gasteiger partial charge >= 0.3 is 0 Å². The van der Waals surface area contributed by atoms with E-state index in [0.29, 0.717) is 6.54 Å². The molecule has 0 aliphatic heterocycles. The molecule has 1 aromatic rings. The molecule has 0 aliphatic carbocycles. The second-order valence-corrected chi connectivity index (χ2v) is 2.55. The highest BCUT2D eigenvalue weighted by molar-refractivity contribution is 4.86. The third-order valence-corrected chi connectivity index (χ3v) is 1.59. The van der Waals surface area contributed by atoms with Gasteiger partial charge in [-0.05, 0) is 0 Å². The molecule has 0 saturated carbocycles. The Morgan fingerprint density at radius 3 is 2.83 bits per heavy atom. The molecule has 0 spiro atoms. The van der Waals surface area contributed by atoms with Gasteiger partial charge in [0.1, 0.15) is 6.10 Å². The molecule has 66 valence electrons. The fraction of sp³-hybridized carbons (Fsp3) is 0.375. The molecule has 4 nitrogen and oxygen atoms in total. The molecule has 0 radical (unpaired) electrons. The number of aliphatic hydroxyl groups is 2. The Bertz CT molecular complexity index is 233. The van der Waals surface area contributed by atoms with Gasteiger partial charge in [-0.15, -0.1) is 6.58 Å². The maximum atomic E-state index is 9.32. The van der Waals surface area contributed by atoms with Gasteiger partial charge in [-0.1, -0.05) is 6.08 Å². The van der Waals surface area contributed by atoms with E-state index in [0.717, 1.165) is 0 Å². The summed E-state index contributed by atoms with van der Waals surface area (Å²) in [6.07, 6.45) is 4.52. The molecule has 0 bridgehead atoms. The number of imidazole rings is 1. The first kappa shape index (κ1) is 8.96.